The Morgan fingerprint density at radius 2 is 1.08 bits per heavy atom. The van der Waals surface area contributed by atoms with E-state index in [1.54, 1.807) is 47.8 Å². The van der Waals surface area contributed by atoms with Crippen molar-refractivity contribution in [3.8, 4) is 21.8 Å². The van der Waals surface area contributed by atoms with Crippen LogP contribution in [-0.2, 0) is 18.5 Å². The van der Waals surface area contributed by atoms with Crippen molar-refractivity contribution >= 4 is 32.9 Å². The van der Waals surface area contributed by atoms with Gasteiger partial charge in [0.1, 0.15) is 11.4 Å². The van der Waals surface area contributed by atoms with Crippen LogP contribution in [0.15, 0.2) is 66.0 Å². The highest BCUT2D eigenvalue weighted by Gasteiger charge is 2.50. The van der Waals surface area contributed by atoms with E-state index < -0.39 is 46.5 Å². The average molecular weight is 542 g/mol. The third kappa shape index (κ3) is 4.50. The second kappa shape index (κ2) is 8.44. The van der Waals surface area contributed by atoms with Crippen LogP contribution in [0.1, 0.15) is 16.7 Å². The minimum atomic E-state index is -5.92. The van der Waals surface area contributed by atoms with Gasteiger partial charge in [-0.3, -0.25) is 0 Å². The van der Waals surface area contributed by atoms with Gasteiger partial charge in [-0.25, -0.2) is 0 Å². The number of alkyl halides is 9. The van der Waals surface area contributed by atoms with Crippen LogP contribution < -0.4 is 0 Å². The fourth-order valence-electron chi connectivity index (χ4n) is 4.18. The van der Waals surface area contributed by atoms with Crippen molar-refractivity contribution in [2.24, 2.45) is 0 Å². The Kier molecular flexibility index (Phi) is 5.70. The number of rotatable bonds is 2. The van der Waals surface area contributed by atoms with Crippen molar-refractivity contribution in [3.05, 3.63) is 82.7 Å². The van der Waals surface area contributed by atoms with E-state index in [-0.39, 0.29) is 17.5 Å². The summed E-state index contributed by atoms with van der Waals surface area (Å²) in [6.45, 7) is 0. The molecule has 0 saturated heterocycles. The number of hydrogen-bond acceptors (Lipinski definition) is 3. The van der Waals surface area contributed by atoms with Crippen molar-refractivity contribution in [1.82, 2.24) is 10.2 Å². The Bertz CT molecular complexity index is 1600. The number of nitrogens with zero attached hydrogens (tertiary/aromatic N) is 2. The van der Waals surface area contributed by atoms with Gasteiger partial charge in [0.25, 0.3) is 0 Å². The molecule has 0 saturated carbocycles. The SMILES string of the molecule is FC(F)(F)c1cc(-c2nnc(-c3cccs3)c3cc4ccccc4cc23)cc(C(F)(F)F)c1C(F)(F)F. The summed E-state index contributed by atoms with van der Waals surface area (Å²) in [6, 6.07) is 13.6. The standard InChI is InChI=1S/C25H11F9N2S/c26-23(27,28)17-10-14(11-18(24(29,30)31)20(17)25(32,33)34)21-15-8-12-4-1-2-5-13(12)9-16(15)22(36-35-21)19-6-3-7-37-19/h1-11H. The largest absolute Gasteiger partial charge is 0.417 e. The number of hydrogen-bond donors (Lipinski definition) is 0. The fourth-order valence-corrected chi connectivity index (χ4v) is 4.90. The molecule has 2 heterocycles. The summed E-state index contributed by atoms with van der Waals surface area (Å²) in [5.41, 5.74) is -8.58. The van der Waals surface area contributed by atoms with Gasteiger partial charge >= 0.3 is 18.5 Å². The third-order valence-electron chi connectivity index (χ3n) is 5.71. The molecule has 37 heavy (non-hydrogen) atoms. The first-order valence-corrected chi connectivity index (χ1v) is 11.3. The second-order valence-electron chi connectivity index (χ2n) is 8.06. The zero-order valence-corrected chi connectivity index (χ0v) is 18.9. The summed E-state index contributed by atoms with van der Waals surface area (Å²) in [5.74, 6) is 0. The van der Waals surface area contributed by atoms with Gasteiger partial charge in [0.05, 0.1) is 21.6 Å². The molecule has 0 aliphatic heterocycles. The summed E-state index contributed by atoms with van der Waals surface area (Å²) in [6.07, 6.45) is -17.4. The molecule has 0 atom stereocenters. The molecule has 2 nitrogen and oxygen atoms in total. The average Bonchev–Trinajstić information content (AvgIpc) is 3.34. The van der Waals surface area contributed by atoms with Crippen LogP contribution in [-0.4, -0.2) is 10.2 Å². The highest BCUT2D eigenvalue weighted by Crippen LogP contribution is 2.49. The molecular formula is C25H11F9N2S. The number of benzene rings is 3. The van der Waals surface area contributed by atoms with Crippen LogP contribution in [0, 0.1) is 0 Å². The number of aromatic nitrogens is 2. The fraction of sp³-hybridized carbons (Fsp3) is 0.120. The first-order chi connectivity index (χ1) is 17.2. The van der Waals surface area contributed by atoms with Gasteiger partial charge in [-0.1, -0.05) is 30.3 Å². The van der Waals surface area contributed by atoms with E-state index in [4.69, 9.17) is 0 Å². The summed E-state index contributed by atoms with van der Waals surface area (Å²) in [7, 11) is 0. The summed E-state index contributed by atoms with van der Waals surface area (Å²) < 4.78 is 123. The molecule has 3 aromatic carbocycles. The molecule has 2 aromatic heterocycles. The van der Waals surface area contributed by atoms with Gasteiger partial charge in [0, 0.05) is 16.3 Å². The highest BCUT2D eigenvalue weighted by atomic mass is 32.1. The molecule has 0 N–H and O–H groups in total. The van der Waals surface area contributed by atoms with E-state index in [9.17, 15) is 39.5 Å². The first-order valence-electron chi connectivity index (χ1n) is 10.4. The van der Waals surface area contributed by atoms with Crippen molar-refractivity contribution in [2.45, 2.75) is 18.5 Å². The summed E-state index contributed by atoms with van der Waals surface area (Å²) >= 11 is 1.29. The Hall–Kier alpha value is -3.67. The second-order valence-corrected chi connectivity index (χ2v) is 9.01. The third-order valence-corrected chi connectivity index (χ3v) is 6.58. The Morgan fingerprint density at radius 3 is 1.54 bits per heavy atom. The van der Waals surface area contributed by atoms with E-state index >= 15 is 0 Å². The molecule has 5 aromatic rings. The van der Waals surface area contributed by atoms with Crippen LogP contribution >= 0.6 is 11.3 Å². The van der Waals surface area contributed by atoms with Crippen LogP contribution in [0.4, 0.5) is 39.5 Å². The quantitative estimate of drug-likeness (QED) is 0.164. The van der Waals surface area contributed by atoms with E-state index in [2.05, 4.69) is 10.2 Å². The van der Waals surface area contributed by atoms with Crippen LogP contribution in [0.2, 0.25) is 0 Å². The van der Waals surface area contributed by atoms with Gasteiger partial charge in [0.15, 0.2) is 0 Å². The van der Waals surface area contributed by atoms with Gasteiger partial charge in [-0.2, -0.15) is 39.5 Å². The lowest BCUT2D eigenvalue weighted by atomic mass is 9.92. The van der Waals surface area contributed by atoms with E-state index in [1.165, 1.54) is 17.4 Å². The summed E-state index contributed by atoms with van der Waals surface area (Å²) in [5, 5.41) is 11.5. The van der Waals surface area contributed by atoms with Crippen LogP contribution in [0.25, 0.3) is 43.4 Å². The summed E-state index contributed by atoms with van der Waals surface area (Å²) in [4.78, 5) is 0.638. The van der Waals surface area contributed by atoms with Gasteiger partial charge in [-0.15, -0.1) is 21.5 Å². The maximum Gasteiger partial charge on any atom is 0.417 e. The minimum absolute atomic E-state index is 0.0432. The van der Waals surface area contributed by atoms with Crippen molar-refractivity contribution in [2.75, 3.05) is 0 Å². The van der Waals surface area contributed by atoms with Crippen molar-refractivity contribution < 1.29 is 39.5 Å². The van der Waals surface area contributed by atoms with Gasteiger partial charge in [-0.05, 0) is 46.5 Å². The monoisotopic (exact) mass is 542 g/mol. The first kappa shape index (κ1) is 25.0. The molecule has 12 heteroatoms. The van der Waals surface area contributed by atoms with Crippen molar-refractivity contribution in [3.63, 3.8) is 0 Å². The predicted octanol–water partition coefficient (Wildman–Crippen LogP) is 9.23. The maximum absolute atomic E-state index is 13.7. The molecule has 5 rings (SSSR count). The maximum atomic E-state index is 13.7. The van der Waals surface area contributed by atoms with Gasteiger partial charge < -0.3 is 0 Å². The highest BCUT2D eigenvalue weighted by molar-refractivity contribution is 7.13. The number of fused-ring (bicyclic) bond motifs is 2. The topological polar surface area (TPSA) is 25.8 Å². The molecule has 0 unspecified atom stereocenters. The van der Waals surface area contributed by atoms with E-state index in [0.717, 1.165) is 0 Å². The number of halogens is 9. The van der Waals surface area contributed by atoms with Crippen LogP contribution in [0.5, 0.6) is 0 Å². The lowest BCUT2D eigenvalue weighted by Crippen LogP contribution is -2.23. The molecule has 190 valence electrons. The van der Waals surface area contributed by atoms with Crippen LogP contribution in [0.3, 0.4) is 0 Å². The lowest BCUT2D eigenvalue weighted by Gasteiger charge is -2.22. The Balaban J connectivity index is 1.91. The molecule has 0 spiro atoms. The smallest absolute Gasteiger partial charge is 0.166 e. The zero-order valence-electron chi connectivity index (χ0n) is 18.1. The predicted molar refractivity (Wildman–Crippen MR) is 121 cm³/mol. The molecule has 0 aliphatic rings. The molecule has 0 fully saturated rings. The molecular weight excluding hydrogens is 531 g/mol. The minimum Gasteiger partial charge on any atom is -0.166 e. The number of thiophene rings is 1. The lowest BCUT2D eigenvalue weighted by molar-refractivity contribution is -0.174. The van der Waals surface area contributed by atoms with Crippen molar-refractivity contribution in [1.29, 1.82) is 0 Å². The molecule has 0 aliphatic carbocycles. The molecule has 0 amide bonds. The van der Waals surface area contributed by atoms with Gasteiger partial charge in [0.2, 0.25) is 0 Å². The molecule has 0 radical (unpaired) electrons. The van der Waals surface area contributed by atoms with E-state index in [0.29, 0.717) is 26.7 Å². The normalized spacial score (nSPS) is 13.0. The van der Waals surface area contributed by atoms with E-state index in [1.807, 2.05) is 0 Å². The zero-order chi connectivity index (χ0) is 26.8. The molecule has 0 bridgehead atoms. The Labute approximate surface area is 206 Å². The Morgan fingerprint density at radius 1 is 0.568 bits per heavy atom.